The van der Waals surface area contributed by atoms with Gasteiger partial charge in [-0.05, 0) is 12.8 Å². The van der Waals surface area contributed by atoms with E-state index in [-0.39, 0.29) is 0 Å². The maximum atomic E-state index is 5.25. The van der Waals surface area contributed by atoms with E-state index in [0.717, 1.165) is 36.7 Å². The Labute approximate surface area is 73.4 Å². The lowest BCUT2D eigenvalue weighted by atomic mass is 10.5. The number of hydrogen-bond donors (Lipinski definition) is 0. The van der Waals surface area contributed by atoms with E-state index in [4.69, 9.17) is 4.74 Å². The summed E-state index contributed by atoms with van der Waals surface area (Å²) in [6.07, 6.45) is 2.23. The summed E-state index contributed by atoms with van der Waals surface area (Å²) in [6.45, 7) is 1.77. The molecule has 9 heavy (non-hydrogen) atoms. The standard InChI is InChI=1S/C6H12Br2O/c7-3-1-5-9-6-2-4-8/h1-6H2. The molecule has 0 aliphatic rings. The van der Waals surface area contributed by atoms with Crippen molar-refractivity contribution in [3.8, 4) is 0 Å². The lowest BCUT2D eigenvalue weighted by molar-refractivity contribution is 0.137. The molecule has 3 heteroatoms. The number of ether oxygens (including phenoxy) is 1. The lowest BCUT2D eigenvalue weighted by Crippen LogP contribution is -1.97. The van der Waals surface area contributed by atoms with Gasteiger partial charge >= 0.3 is 0 Å². The van der Waals surface area contributed by atoms with Gasteiger partial charge in [0.2, 0.25) is 0 Å². The Kier molecular flexibility index (Phi) is 9.83. The first-order valence-electron chi connectivity index (χ1n) is 3.11. The van der Waals surface area contributed by atoms with Gasteiger partial charge < -0.3 is 4.74 Å². The van der Waals surface area contributed by atoms with Gasteiger partial charge in [0.1, 0.15) is 0 Å². The molecule has 56 valence electrons. The number of rotatable bonds is 6. The quantitative estimate of drug-likeness (QED) is 0.526. The highest BCUT2D eigenvalue weighted by atomic mass is 79.9. The zero-order valence-corrected chi connectivity index (χ0v) is 8.58. The zero-order valence-electron chi connectivity index (χ0n) is 5.41. The zero-order chi connectivity index (χ0) is 6.95. The van der Waals surface area contributed by atoms with Gasteiger partial charge in [-0.15, -0.1) is 0 Å². The molecule has 0 aliphatic carbocycles. The van der Waals surface area contributed by atoms with E-state index in [1.165, 1.54) is 0 Å². The van der Waals surface area contributed by atoms with Gasteiger partial charge in [-0.25, -0.2) is 0 Å². The Bertz CT molecular complexity index is 44.3. The van der Waals surface area contributed by atoms with Gasteiger partial charge in [-0.3, -0.25) is 0 Å². The second kappa shape index (κ2) is 8.92. The van der Waals surface area contributed by atoms with Crippen LogP contribution in [-0.4, -0.2) is 23.9 Å². The Morgan fingerprint density at radius 1 is 0.889 bits per heavy atom. The van der Waals surface area contributed by atoms with Crippen LogP contribution in [-0.2, 0) is 4.74 Å². The van der Waals surface area contributed by atoms with Crippen molar-refractivity contribution in [1.82, 2.24) is 0 Å². The van der Waals surface area contributed by atoms with Gasteiger partial charge in [0, 0.05) is 23.9 Å². The summed E-state index contributed by atoms with van der Waals surface area (Å²) in [5.74, 6) is 0. The van der Waals surface area contributed by atoms with E-state index in [1.54, 1.807) is 0 Å². The first kappa shape index (κ1) is 9.92. The SMILES string of the molecule is BrCCCOCCCBr. The second-order valence-corrected chi connectivity index (χ2v) is 3.28. The van der Waals surface area contributed by atoms with Crippen molar-refractivity contribution in [2.45, 2.75) is 12.8 Å². The molecule has 0 bridgehead atoms. The molecule has 0 aliphatic heterocycles. The molecule has 0 radical (unpaired) electrons. The maximum Gasteiger partial charge on any atom is 0.0474 e. The predicted molar refractivity (Wildman–Crippen MR) is 47.6 cm³/mol. The van der Waals surface area contributed by atoms with Crippen LogP contribution in [0.15, 0.2) is 0 Å². The smallest absolute Gasteiger partial charge is 0.0474 e. The fourth-order valence-electron chi connectivity index (χ4n) is 0.415. The van der Waals surface area contributed by atoms with Crippen LogP contribution >= 0.6 is 31.9 Å². The molecule has 0 rings (SSSR count). The maximum absolute atomic E-state index is 5.25. The van der Waals surface area contributed by atoms with Crippen molar-refractivity contribution >= 4 is 31.9 Å². The second-order valence-electron chi connectivity index (χ2n) is 1.70. The number of hydrogen-bond acceptors (Lipinski definition) is 1. The summed E-state index contributed by atoms with van der Waals surface area (Å²) in [5.41, 5.74) is 0. The number of alkyl halides is 2. The largest absolute Gasteiger partial charge is 0.381 e. The Hall–Kier alpha value is 0.920. The van der Waals surface area contributed by atoms with Crippen LogP contribution in [0.4, 0.5) is 0 Å². The average molecular weight is 260 g/mol. The fourth-order valence-corrected chi connectivity index (χ4v) is 0.873. The molecule has 0 heterocycles. The average Bonchev–Trinajstić information content (AvgIpc) is 1.89. The molecule has 0 amide bonds. The van der Waals surface area contributed by atoms with E-state index in [1.807, 2.05) is 0 Å². The minimum absolute atomic E-state index is 0.887. The van der Waals surface area contributed by atoms with Crippen molar-refractivity contribution in [3.63, 3.8) is 0 Å². The van der Waals surface area contributed by atoms with E-state index < -0.39 is 0 Å². The molecule has 0 aromatic carbocycles. The molecular formula is C6H12Br2O. The molecule has 1 nitrogen and oxygen atoms in total. The van der Waals surface area contributed by atoms with Gasteiger partial charge in [0.05, 0.1) is 0 Å². The van der Waals surface area contributed by atoms with E-state index in [2.05, 4.69) is 31.9 Å². The summed E-state index contributed by atoms with van der Waals surface area (Å²) in [5, 5.41) is 2.09. The predicted octanol–water partition coefficient (Wildman–Crippen LogP) is 2.57. The Morgan fingerprint density at radius 2 is 1.33 bits per heavy atom. The summed E-state index contributed by atoms with van der Waals surface area (Å²) in [4.78, 5) is 0. The van der Waals surface area contributed by atoms with E-state index in [0.29, 0.717) is 0 Å². The van der Waals surface area contributed by atoms with Crippen LogP contribution < -0.4 is 0 Å². The van der Waals surface area contributed by atoms with Gasteiger partial charge in [-0.2, -0.15) is 0 Å². The lowest BCUT2D eigenvalue weighted by Gasteiger charge is -1.98. The van der Waals surface area contributed by atoms with Gasteiger partial charge in [0.15, 0.2) is 0 Å². The van der Waals surface area contributed by atoms with Gasteiger partial charge in [-0.1, -0.05) is 31.9 Å². The highest BCUT2D eigenvalue weighted by molar-refractivity contribution is 9.09. The van der Waals surface area contributed by atoms with E-state index >= 15 is 0 Å². The highest BCUT2D eigenvalue weighted by Crippen LogP contribution is 1.91. The van der Waals surface area contributed by atoms with Crippen molar-refractivity contribution < 1.29 is 4.74 Å². The molecule has 0 N–H and O–H groups in total. The van der Waals surface area contributed by atoms with Crippen molar-refractivity contribution in [3.05, 3.63) is 0 Å². The third-order valence-corrected chi connectivity index (χ3v) is 1.97. The van der Waals surface area contributed by atoms with Crippen LogP contribution in [0.1, 0.15) is 12.8 Å². The normalized spacial score (nSPS) is 10.0. The van der Waals surface area contributed by atoms with Crippen LogP contribution in [0.5, 0.6) is 0 Å². The molecular weight excluding hydrogens is 248 g/mol. The topological polar surface area (TPSA) is 9.23 Å². The van der Waals surface area contributed by atoms with Gasteiger partial charge in [0.25, 0.3) is 0 Å². The van der Waals surface area contributed by atoms with Crippen molar-refractivity contribution in [1.29, 1.82) is 0 Å². The third-order valence-electron chi connectivity index (χ3n) is 0.845. The van der Waals surface area contributed by atoms with Crippen molar-refractivity contribution in [2.24, 2.45) is 0 Å². The highest BCUT2D eigenvalue weighted by Gasteiger charge is 1.85. The first-order valence-corrected chi connectivity index (χ1v) is 5.35. The molecule has 0 saturated heterocycles. The van der Waals surface area contributed by atoms with E-state index in [9.17, 15) is 0 Å². The number of halogens is 2. The van der Waals surface area contributed by atoms with Crippen LogP contribution in [0.3, 0.4) is 0 Å². The summed E-state index contributed by atoms with van der Waals surface area (Å²) in [6, 6.07) is 0. The minimum atomic E-state index is 0.887. The Morgan fingerprint density at radius 3 is 1.67 bits per heavy atom. The Balaban J connectivity index is 2.60. The molecule has 0 fully saturated rings. The first-order chi connectivity index (χ1) is 4.41. The van der Waals surface area contributed by atoms with Crippen LogP contribution in [0.25, 0.3) is 0 Å². The molecule has 0 spiro atoms. The molecule has 0 unspecified atom stereocenters. The molecule has 0 saturated carbocycles. The minimum Gasteiger partial charge on any atom is -0.381 e. The molecule has 0 aromatic rings. The molecule has 0 aromatic heterocycles. The van der Waals surface area contributed by atoms with Crippen LogP contribution in [0, 0.1) is 0 Å². The molecule has 0 atom stereocenters. The van der Waals surface area contributed by atoms with Crippen molar-refractivity contribution in [2.75, 3.05) is 23.9 Å². The fraction of sp³-hybridized carbons (Fsp3) is 1.00. The summed E-state index contributed by atoms with van der Waals surface area (Å²) < 4.78 is 5.25. The van der Waals surface area contributed by atoms with Crippen LogP contribution in [0.2, 0.25) is 0 Å². The monoisotopic (exact) mass is 258 g/mol. The summed E-state index contributed by atoms with van der Waals surface area (Å²) in [7, 11) is 0. The third kappa shape index (κ3) is 8.92. The summed E-state index contributed by atoms with van der Waals surface area (Å²) >= 11 is 6.66.